The second-order valence-corrected chi connectivity index (χ2v) is 4.86. The van der Waals surface area contributed by atoms with Crippen LogP contribution in [0, 0.1) is 10.1 Å². The van der Waals surface area contributed by atoms with E-state index in [1.807, 2.05) is 0 Å². The number of nitro benzene ring substituents is 1. The summed E-state index contributed by atoms with van der Waals surface area (Å²) in [5.74, 6) is 0.441. The zero-order valence-electron chi connectivity index (χ0n) is 10.2. The second kappa shape index (κ2) is 5.98. The Morgan fingerprint density at radius 1 is 1.20 bits per heavy atom. The molecule has 0 radical (unpaired) electrons. The van der Waals surface area contributed by atoms with Gasteiger partial charge in [0.25, 0.3) is 5.69 Å². The molecule has 2 aromatic carbocycles. The molecule has 0 fully saturated rings. The molecule has 20 heavy (non-hydrogen) atoms. The van der Waals surface area contributed by atoms with Gasteiger partial charge < -0.3 is 10.5 Å². The SMILES string of the molecule is Nc1cc(COc2cc(Cl)ccc2Cl)ccc1[N+](=O)[O-]. The van der Waals surface area contributed by atoms with E-state index >= 15 is 0 Å². The van der Waals surface area contributed by atoms with Gasteiger partial charge in [-0.2, -0.15) is 0 Å². The Balaban J connectivity index is 2.13. The first-order valence-electron chi connectivity index (χ1n) is 5.58. The molecule has 0 atom stereocenters. The van der Waals surface area contributed by atoms with Crippen molar-refractivity contribution in [3.8, 4) is 5.75 Å². The quantitative estimate of drug-likeness (QED) is 0.524. The highest BCUT2D eigenvalue weighted by Crippen LogP contribution is 2.29. The van der Waals surface area contributed by atoms with Gasteiger partial charge in [-0.3, -0.25) is 10.1 Å². The third kappa shape index (κ3) is 3.31. The number of halogens is 2. The van der Waals surface area contributed by atoms with Crippen molar-refractivity contribution in [3.05, 3.63) is 62.1 Å². The van der Waals surface area contributed by atoms with E-state index in [1.165, 1.54) is 12.1 Å². The van der Waals surface area contributed by atoms with Crippen LogP contribution >= 0.6 is 23.2 Å². The number of ether oxygens (including phenoxy) is 1. The lowest BCUT2D eigenvalue weighted by Crippen LogP contribution is -2.00. The molecule has 0 amide bonds. The molecule has 7 heteroatoms. The highest BCUT2D eigenvalue weighted by Gasteiger charge is 2.11. The first-order chi connectivity index (χ1) is 9.47. The molecule has 2 aromatic rings. The molecule has 2 N–H and O–H groups in total. The van der Waals surface area contributed by atoms with Crippen molar-refractivity contribution >= 4 is 34.6 Å². The van der Waals surface area contributed by atoms with E-state index in [0.717, 1.165) is 0 Å². The molecule has 0 aliphatic carbocycles. The van der Waals surface area contributed by atoms with Gasteiger partial charge in [0, 0.05) is 17.2 Å². The Labute approximate surface area is 125 Å². The Bertz CT molecular complexity index is 662. The standard InChI is InChI=1S/C13H10Cl2N2O3/c14-9-2-3-10(15)13(6-9)20-7-8-1-4-12(17(18)19)11(16)5-8/h1-6H,7,16H2. The van der Waals surface area contributed by atoms with Crippen molar-refractivity contribution in [3.63, 3.8) is 0 Å². The van der Waals surface area contributed by atoms with Crippen LogP contribution in [-0.2, 0) is 6.61 Å². The maximum absolute atomic E-state index is 10.7. The summed E-state index contributed by atoms with van der Waals surface area (Å²) < 4.78 is 5.52. The normalized spacial score (nSPS) is 10.3. The molecule has 5 nitrogen and oxygen atoms in total. The molecular formula is C13H10Cl2N2O3. The summed E-state index contributed by atoms with van der Waals surface area (Å²) in [7, 11) is 0. The molecule has 0 bridgehead atoms. The Morgan fingerprint density at radius 3 is 2.60 bits per heavy atom. The third-order valence-corrected chi connectivity index (χ3v) is 3.12. The highest BCUT2D eigenvalue weighted by atomic mass is 35.5. The fourth-order valence-corrected chi connectivity index (χ4v) is 1.94. The fourth-order valence-electron chi connectivity index (χ4n) is 1.61. The van der Waals surface area contributed by atoms with Crippen molar-refractivity contribution in [2.45, 2.75) is 6.61 Å². The predicted molar refractivity (Wildman–Crippen MR) is 78.3 cm³/mol. The molecule has 0 aliphatic heterocycles. The third-order valence-electron chi connectivity index (χ3n) is 2.58. The van der Waals surface area contributed by atoms with E-state index in [0.29, 0.717) is 21.4 Å². The maximum Gasteiger partial charge on any atom is 0.292 e. The monoisotopic (exact) mass is 312 g/mol. The summed E-state index contributed by atoms with van der Waals surface area (Å²) >= 11 is 11.8. The van der Waals surface area contributed by atoms with Crippen LogP contribution in [0.1, 0.15) is 5.56 Å². The minimum atomic E-state index is -0.534. The van der Waals surface area contributed by atoms with Crippen molar-refractivity contribution in [1.29, 1.82) is 0 Å². The van der Waals surface area contributed by atoms with E-state index in [4.69, 9.17) is 33.7 Å². The van der Waals surface area contributed by atoms with Crippen LogP contribution in [0.15, 0.2) is 36.4 Å². The molecule has 0 unspecified atom stereocenters. The minimum Gasteiger partial charge on any atom is -0.487 e. The fraction of sp³-hybridized carbons (Fsp3) is 0.0769. The van der Waals surface area contributed by atoms with Gasteiger partial charge in [-0.1, -0.05) is 23.2 Å². The zero-order chi connectivity index (χ0) is 14.7. The van der Waals surface area contributed by atoms with E-state index in [-0.39, 0.29) is 18.0 Å². The molecule has 0 saturated carbocycles. The molecule has 0 saturated heterocycles. The van der Waals surface area contributed by atoms with E-state index in [1.54, 1.807) is 24.3 Å². The summed E-state index contributed by atoms with van der Waals surface area (Å²) in [5, 5.41) is 11.6. The van der Waals surface area contributed by atoms with Crippen LogP contribution in [0.25, 0.3) is 0 Å². The van der Waals surface area contributed by atoms with Crippen molar-refractivity contribution < 1.29 is 9.66 Å². The Morgan fingerprint density at radius 2 is 1.95 bits per heavy atom. The average Bonchev–Trinajstić information content (AvgIpc) is 2.39. The summed E-state index contributed by atoms with van der Waals surface area (Å²) in [6, 6.07) is 9.29. The number of hydrogen-bond acceptors (Lipinski definition) is 4. The van der Waals surface area contributed by atoms with Gasteiger partial charge in [-0.25, -0.2) is 0 Å². The number of nitrogen functional groups attached to an aromatic ring is 1. The number of anilines is 1. The van der Waals surface area contributed by atoms with Gasteiger partial charge in [0.15, 0.2) is 0 Å². The van der Waals surface area contributed by atoms with Crippen LogP contribution in [0.5, 0.6) is 5.75 Å². The van der Waals surface area contributed by atoms with Gasteiger partial charge in [0.1, 0.15) is 18.0 Å². The second-order valence-electron chi connectivity index (χ2n) is 4.01. The van der Waals surface area contributed by atoms with Crippen LogP contribution in [-0.4, -0.2) is 4.92 Å². The average molecular weight is 313 g/mol. The van der Waals surface area contributed by atoms with Crippen molar-refractivity contribution in [1.82, 2.24) is 0 Å². The van der Waals surface area contributed by atoms with Gasteiger partial charge in [0.05, 0.1) is 9.95 Å². The Hall–Kier alpha value is -1.98. The molecule has 0 aliphatic rings. The van der Waals surface area contributed by atoms with Crippen molar-refractivity contribution in [2.75, 3.05) is 5.73 Å². The van der Waals surface area contributed by atoms with Gasteiger partial charge in [0.2, 0.25) is 0 Å². The topological polar surface area (TPSA) is 78.4 Å². The summed E-state index contributed by atoms with van der Waals surface area (Å²) in [6.45, 7) is 0.183. The van der Waals surface area contributed by atoms with E-state index in [2.05, 4.69) is 0 Å². The number of rotatable bonds is 4. The highest BCUT2D eigenvalue weighted by molar-refractivity contribution is 6.34. The van der Waals surface area contributed by atoms with Gasteiger partial charge >= 0.3 is 0 Å². The lowest BCUT2D eigenvalue weighted by atomic mass is 10.2. The van der Waals surface area contributed by atoms with E-state index in [9.17, 15) is 10.1 Å². The van der Waals surface area contributed by atoms with E-state index < -0.39 is 4.92 Å². The van der Waals surface area contributed by atoms with Gasteiger partial charge in [-0.15, -0.1) is 0 Å². The number of benzene rings is 2. The summed E-state index contributed by atoms with van der Waals surface area (Å²) in [6.07, 6.45) is 0. The molecule has 2 rings (SSSR count). The smallest absolute Gasteiger partial charge is 0.292 e. The number of nitrogens with two attached hydrogens (primary N) is 1. The molecule has 0 spiro atoms. The minimum absolute atomic E-state index is 0.0910. The van der Waals surface area contributed by atoms with Crippen LogP contribution in [0.4, 0.5) is 11.4 Å². The number of nitrogens with zero attached hydrogens (tertiary/aromatic N) is 1. The molecule has 0 heterocycles. The molecule has 0 aromatic heterocycles. The lowest BCUT2D eigenvalue weighted by Gasteiger charge is -2.09. The Kier molecular flexibility index (Phi) is 4.32. The maximum atomic E-state index is 10.7. The predicted octanol–water partition coefficient (Wildman–Crippen LogP) is 4.06. The lowest BCUT2D eigenvalue weighted by molar-refractivity contribution is -0.383. The largest absolute Gasteiger partial charge is 0.487 e. The molecular weight excluding hydrogens is 303 g/mol. The van der Waals surface area contributed by atoms with Gasteiger partial charge in [-0.05, 0) is 29.8 Å². The number of nitro groups is 1. The number of hydrogen-bond donors (Lipinski definition) is 1. The van der Waals surface area contributed by atoms with Crippen LogP contribution in [0.2, 0.25) is 10.0 Å². The van der Waals surface area contributed by atoms with Crippen molar-refractivity contribution in [2.24, 2.45) is 0 Å². The zero-order valence-corrected chi connectivity index (χ0v) is 11.7. The first-order valence-corrected chi connectivity index (χ1v) is 6.33. The summed E-state index contributed by atoms with van der Waals surface area (Å²) in [4.78, 5) is 10.1. The first kappa shape index (κ1) is 14.4. The molecule has 104 valence electrons. The summed E-state index contributed by atoms with van der Waals surface area (Å²) in [5.41, 5.74) is 6.26. The van der Waals surface area contributed by atoms with Crippen LogP contribution < -0.4 is 10.5 Å². The van der Waals surface area contributed by atoms with Crippen LogP contribution in [0.3, 0.4) is 0 Å².